The molecule has 1 fully saturated rings. The van der Waals surface area contributed by atoms with Crippen LogP contribution in [0.1, 0.15) is 58.3 Å². The molecule has 1 saturated carbocycles. The van der Waals surface area contributed by atoms with Gasteiger partial charge < -0.3 is 4.90 Å². The predicted molar refractivity (Wildman–Crippen MR) is 78.1 cm³/mol. The molecule has 0 radical (unpaired) electrons. The van der Waals surface area contributed by atoms with Gasteiger partial charge in [-0.3, -0.25) is 4.79 Å². The van der Waals surface area contributed by atoms with Crippen molar-refractivity contribution in [3.8, 4) is 0 Å². The van der Waals surface area contributed by atoms with Crippen molar-refractivity contribution in [3.63, 3.8) is 0 Å². The molecule has 1 aliphatic carbocycles. The molecular weight excluding hydrogens is 252 g/mol. The lowest BCUT2D eigenvalue weighted by molar-refractivity contribution is -0.135. The van der Waals surface area contributed by atoms with Gasteiger partial charge >= 0.3 is 0 Å². The van der Waals surface area contributed by atoms with Gasteiger partial charge in [-0.25, -0.2) is 0 Å². The Kier molecular flexibility index (Phi) is 6.02. The van der Waals surface area contributed by atoms with Gasteiger partial charge in [0.15, 0.2) is 0 Å². The van der Waals surface area contributed by atoms with Gasteiger partial charge in [0.1, 0.15) is 6.54 Å². The van der Waals surface area contributed by atoms with Crippen molar-refractivity contribution in [1.82, 2.24) is 19.9 Å². The first kappa shape index (κ1) is 15.0. The molecule has 0 aliphatic heterocycles. The van der Waals surface area contributed by atoms with E-state index in [4.69, 9.17) is 0 Å². The number of amides is 1. The molecule has 0 atom stereocenters. The fraction of sp³-hybridized carbons (Fsp3) is 0.800. The van der Waals surface area contributed by atoms with Gasteiger partial charge in [-0.2, -0.15) is 15.0 Å². The number of rotatable bonds is 6. The highest BCUT2D eigenvalue weighted by atomic mass is 16.2. The van der Waals surface area contributed by atoms with Gasteiger partial charge in [-0.15, -0.1) is 0 Å². The highest BCUT2D eigenvalue weighted by Gasteiger charge is 2.24. The Balaban J connectivity index is 1.98. The molecule has 112 valence electrons. The molecule has 0 N–H and O–H groups in total. The lowest BCUT2D eigenvalue weighted by atomic mass is 10.1. The summed E-state index contributed by atoms with van der Waals surface area (Å²) in [6.07, 6.45) is 12.9. The molecule has 1 aromatic rings. The van der Waals surface area contributed by atoms with Crippen molar-refractivity contribution in [2.24, 2.45) is 0 Å². The van der Waals surface area contributed by atoms with E-state index >= 15 is 0 Å². The minimum absolute atomic E-state index is 0.168. The molecule has 1 aliphatic rings. The second-order valence-electron chi connectivity index (χ2n) is 5.65. The molecule has 0 saturated heterocycles. The second-order valence-corrected chi connectivity index (χ2v) is 5.65. The van der Waals surface area contributed by atoms with Crippen LogP contribution in [-0.4, -0.2) is 38.4 Å². The third-order valence-corrected chi connectivity index (χ3v) is 4.08. The van der Waals surface area contributed by atoms with Crippen LogP contribution in [0.4, 0.5) is 0 Å². The molecule has 20 heavy (non-hydrogen) atoms. The van der Waals surface area contributed by atoms with E-state index in [9.17, 15) is 4.79 Å². The minimum atomic E-state index is 0.168. The number of aromatic nitrogens is 3. The Labute approximate surface area is 121 Å². The molecule has 1 aromatic heterocycles. The van der Waals surface area contributed by atoms with Gasteiger partial charge in [0.05, 0.1) is 12.4 Å². The fourth-order valence-corrected chi connectivity index (χ4v) is 2.95. The zero-order valence-electron chi connectivity index (χ0n) is 12.5. The number of hydrogen-bond acceptors (Lipinski definition) is 3. The molecule has 0 spiro atoms. The number of hydrogen-bond donors (Lipinski definition) is 0. The third-order valence-electron chi connectivity index (χ3n) is 4.08. The van der Waals surface area contributed by atoms with E-state index in [1.807, 2.05) is 0 Å². The second kappa shape index (κ2) is 8.02. The summed E-state index contributed by atoms with van der Waals surface area (Å²) in [4.78, 5) is 16.1. The van der Waals surface area contributed by atoms with E-state index in [-0.39, 0.29) is 12.5 Å². The molecule has 1 amide bonds. The van der Waals surface area contributed by atoms with E-state index in [1.165, 1.54) is 30.5 Å². The number of nitrogens with zero attached hydrogens (tertiary/aromatic N) is 4. The Morgan fingerprint density at radius 2 is 1.85 bits per heavy atom. The molecule has 5 heteroatoms. The lowest BCUT2D eigenvalue weighted by Crippen LogP contribution is -2.42. The van der Waals surface area contributed by atoms with Gasteiger partial charge in [-0.05, 0) is 19.3 Å². The van der Waals surface area contributed by atoms with Crippen LogP contribution in [0.3, 0.4) is 0 Å². The van der Waals surface area contributed by atoms with E-state index < -0.39 is 0 Å². The van der Waals surface area contributed by atoms with E-state index in [0.717, 1.165) is 32.2 Å². The van der Waals surface area contributed by atoms with Crippen LogP contribution in [0.25, 0.3) is 0 Å². The highest BCUT2D eigenvalue weighted by Crippen LogP contribution is 2.22. The smallest absolute Gasteiger partial charge is 0.246 e. The summed E-state index contributed by atoms with van der Waals surface area (Å²) in [5.41, 5.74) is 0. The monoisotopic (exact) mass is 278 g/mol. The van der Waals surface area contributed by atoms with Crippen LogP contribution in [0, 0.1) is 0 Å². The normalized spacial score (nSPS) is 16.9. The molecule has 0 aromatic carbocycles. The van der Waals surface area contributed by atoms with Crippen molar-refractivity contribution in [2.75, 3.05) is 6.54 Å². The Morgan fingerprint density at radius 3 is 2.45 bits per heavy atom. The van der Waals surface area contributed by atoms with Crippen molar-refractivity contribution in [1.29, 1.82) is 0 Å². The Bertz CT molecular complexity index is 383. The summed E-state index contributed by atoms with van der Waals surface area (Å²) in [6.45, 7) is 3.32. The van der Waals surface area contributed by atoms with E-state index in [2.05, 4.69) is 22.0 Å². The number of carbonyl (C=O) groups is 1. The molecular formula is C15H26N4O. The SMILES string of the molecule is CCCCN(C(=O)Cn1nccn1)C1CCCCCC1. The van der Waals surface area contributed by atoms with Crippen LogP contribution in [0.2, 0.25) is 0 Å². The van der Waals surface area contributed by atoms with Gasteiger partial charge in [-0.1, -0.05) is 39.0 Å². The maximum atomic E-state index is 12.6. The molecule has 5 nitrogen and oxygen atoms in total. The topological polar surface area (TPSA) is 51.0 Å². The summed E-state index contributed by atoms with van der Waals surface area (Å²) in [5.74, 6) is 0.168. The van der Waals surface area contributed by atoms with Crippen LogP contribution >= 0.6 is 0 Å². The van der Waals surface area contributed by atoms with Crippen molar-refractivity contribution in [2.45, 2.75) is 70.9 Å². The highest BCUT2D eigenvalue weighted by molar-refractivity contribution is 5.76. The third kappa shape index (κ3) is 4.32. The average molecular weight is 278 g/mol. The summed E-state index contributed by atoms with van der Waals surface area (Å²) in [7, 11) is 0. The minimum Gasteiger partial charge on any atom is -0.338 e. The summed E-state index contributed by atoms with van der Waals surface area (Å²) < 4.78 is 0. The first-order chi connectivity index (χ1) is 9.81. The van der Waals surface area contributed by atoms with Gasteiger partial charge in [0.2, 0.25) is 5.91 Å². The Hall–Kier alpha value is -1.39. The van der Waals surface area contributed by atoms with Gasteiger partial charge in [0, 0.05) is 12.6 Å². The quantitative estimate of drug-likeness (QED) is 0.752. The maximum absolute atomic E-state index is 12.6. The van der Waals surface area contributed by atoms with Crippen LogP contribution < -0.4 is 0 Å². The summed E-state index contributed by atoms with van der Waals surface area (Å²) >= 11 is 0. The summed E-state index contributed by atoms with van der Waals surface area (Å²) in [6, 6.07) is 0.423. The zero-order valence-corrected chi connectivity index (χ0v) is 12.5. The Morgan fingerprint density at radius 1 is 1.20 bits per heavy atom. The predicted octanol–water partition coefficient (Wildman–Crippen LogP) is 2.63. The largest absolute Gasteiger partial charge is 0.338 e. The van der Waals surface area contributed by atoms with E-state index in [0.29, 0.717) is 6.04 Å². The molecule has 0 unspecified atom stereocenters. The molecule has 1 heterocycles. The molecule has 0 bridgehead atoms. The standard InChI is InChI=1S/C15H26N4O/c1-2-3-12-18(14-8-6-4-5-7-9-14)15(20)13-19-16-10-11-17-19/h10-11,14H,2-9,12-13H2,1H3. The fourth-order valence-electron chi connectivity index (χ4n) is 2.95. The van der Waals surface area contributed by atoms with Crippen LogP contribution in [0.15, 0.2) is 12.4 Å². The van der Waals surface area contributed by atoms with E-state index in [1.54, 1.807) is 12.4 Å². The van der Waals surface area contributed by atoms with Crippen LogP contribution in [-0.2, 0) is 11.3 Å². The zero-order chi connectivity index (χ0) is 14.2. The maximum Gasteiger partial charge on any atom is 0.246 e. The molecule has 2 rings (SSSR count). The van der Waals surface area contributed by atoms with Crippen LogP contribution in [0.5, 0.6) is 0 Å². The first-order valence-corrected chi connectivity index (χ1v) is 7.95. The van der Waals surface area contributed by atoms with Crippen molar-refractivity contribution >= 4 is 5.91 Å². The average Bonchev–Trinajstić information content (AvgIpc) is 2.80. The van der Waals surface area contributed by atoms with Crippen molar-refractivity contribution < 1.29 is 4.79 Å². The van der Waals surface area contributed by atoms with Crippen molar-refractivity contribution in [3.05, 3.63) is 12.4 Å². The number of unbranched alkanes of at least 4 members (excludes halogenated alkanes) is 1. The number of carbonyl (C=O) groups excluding carboxylic acids is 1. The lowest BCUT2D eigenvalue weighted by Gasteiger charge is -2.31. The first-order valence-electron chi connectivity index (χ1n) is 7.95. The summed E-state index contributed by atoms with van der Waals surface area (Å²) in [5, 5.41) is 8.08. The van der Waals surface area contributed by atoms with Gasteiger partial charge in [0.25, 0.3) is 0 Å².